The number of halogens is 2. The molecule has 0 saturated carbocycles. The van der Waals surface area contributed by atoms with E-state index in [1.807, 2.05) is 48.5 Å². The number of amides is 3. The van der Waals surface area contributed by atoms with Crippen LogP contribution in [0.3, 0.4) is 0 Å². The number of hydrogen-bond donors (Lipinski definition) is 1. The molecular weight excluding hydrogens is 527 g/mol. The Morgan fingerprint density at radius 2 is 1.37 bits per heavy atom. The molecular formula is C29H22Cl2N2O5. The lowest BCUT2D eigenvalue weighted by Gasteiger charge is -2.45. The van der Waals surface area contributed by atoms with E-state index >= 15 is 0 Å². The molecule has 38 heavy (non-hydrogen) atoms. The Balaban J connectivity index is 1.21. The third-order valence-electron chi connectivity index (χ3n) is 7.76. The van der Waals surface area contributed by atoms with Crippen LogP contribution in [0.4, 0.5) is 5.69 Å². The summed E-state index contributed by atoms with van der Waals surface area (Å²) in [6.45, 7) is 0.846. The van der Waals surface area contributed by atoms with Gasteiger partial charge < -0.3 is 10.1 Å². The number of ether oxygens (including phenoxy) is 1. The molecule has 2 bridgehead atoms. The first-order chi connectivity index (χ1) is 18.3. The lowest BCUT2D eigenvalue weighted by Crippen LogP contribution is -2.45. The van der Waals surface area contributed by atoms with E-state index in [0.717, 1.165) is 27.2 Å². The second-order valence-corrected chi connectivity index (χ2v) is 10.6. The van der Waals surface area contributed by atoms with Gasteiger partial charge in [0.25, 0.3) is 5.91 Å². The van der Waals surface area contributed by atoms with Crippen molar-refractivity contribution in [3.8, 4) is 0 Å². The molecule has 3 atom stereocenters. The predicted octanol–water partition coefficient (Wildman–Crippen LogP) is 4.76. The van der Waals surface area contributed by atoms with Gasteiger partial charge in [0.1, 0.15) is 6.04 Å². The highest BCUT2D eigenvalue weighted by Gasteiger charge is 2.62. The van der Waals surface area contributed by atoms with Gasteiger partial charge in [0.05, 0.1) is 22.5 Å². The molecule has 3 aliphatic carbocycles. The molecule has 1 fully saturated rings. The van der Waals surface area contributed by atoms with Crippen LogP contribution in [0.5, 0.6) is 0 Å². The number of likely N-dealkylation sites (tertiary alicyclic amines) is 1. The first-order valence-electron chi connectivity index (χ1n) is 12.2. The van der Waals surface area contributed by atoms with Crippen molar-refractivity contribution in [2.75, 3.05) is 11.9 Å². The van der Waals surface area contributed by atoms with Crippen LogP contribution >= 0.6 is 23.2 Å². The van der Waals surface area contributed by atoms with E-state index in [1.54, 1.807) is 6.07 Å². The standard InChI is InChI=1S/C29H22Cl2N2O5/c1-14(29(37)38-13-22(34)32-21-11-10-15(30)12-20(21)31)33-27(35)25-23-16-6-2-3-7-17(16)24(26(25)28(33)36)19-9-5-4-8-18(19)23/h2-12,14,23-26H,13H2,1H3,(H,32,34)/t14-,23?,24?,25-,26+/m1/s1. The number of esters is 1. The largest absolute Gasteiger partial charge is 0.454 e. The van der Waals surface area contributed by atoms with Gasteiger partial charge in [0.2, 0.25) is 11.8 Å². The summed E-state index contributed by atoms with van der Waals surface area (Å²) in [5.74, 6) is -3.96. The summed E-state index contributed by atoms with van der Waals surface area (Å²) in [4.78, 5) is 53.8. The van der Waals surface area contributed by atoms with E-state index in [9.17, 15) is 19.2 Å². The van der Waals surface area contributed by atoms with Crippen LogP contribution in [-0.4, -0.2) is 41.2 Å². The molecule has 4 aliphatic rings. The van der Waals surface area contributed by atoms with Gasteiger partial charge in [-0.25, -0.2) is 4.79 Å². The fourth-order valence-corrected chi connectivity index (χ4v) is 6.68. The molecule has 0 spiro atoms. The fraction of sp³-hybridized carbons (Fsp3) is 0.241. The smallest absolute Gasteiger partial charge is 0.329 e. The molecule has 0 radical (unpaired) electrons. The summed E-state index contributed by atoms with van der Waals surface area (Å²) in [6, 6.07) is 19.2. The molecule has 1 saturated heterocycles. The van der Waals surface area contributed by atoms with Crippen molar-refractivity contribution in [3.63, 3.8) is 0 Å². The highest BCUT2D eigenvalue weighted by atomic mass is 35.5. The maximum atomic E-state index is 13.7. The zero-order valence-electron chi connectivity index (χ0n) is 20.2. The average Bonchev–Trinajstić information content (AvgIpc) is 3.18. The van der Waals surface area contributed by atoms with Crippen molar-refractivity contribution in [1.29, 1.82) is 0 Å². The Hall–Kier alpha value is -3.68. The van der Waals surface area contributed by atoms with Crippen molar-refractivity contribution in [1.82, 2.24) is 4.90 Å². The summed E-state index contributed by atoms with van der Waals surface area (Å²) in [7, 11) is 0. The monoisotopic (exact) mass is 548 g/mol. The highest BCUT2D eigenvalue weighted by molar-refractivity contribution is 6.36. The first-order valence-corrected chi connectivity index (χ1v) is 13.0. The summed E-state index contributed by atoms with van der Waals surface area (Å²) in [5, 5.41) is 3.19. The lowest BCUT2D eigenvalue weighted by molar-refractivity contribution is -0.159. The average molecular weight is 549 g/mol. The Kier molecular flexibility index (Phi) is 6.00. The second-order valence-electron chi connectivity index (χ2n) is 9.77. The highest BCUT2D eigenvalue weighted by Crippen LogP contribution is 2.61. The summed E-state index contributed by atoms with van der Waals surface area (Å²) < 4.78 is 5.19. The van der Waals surface area contributed by atoms with E-state index < -0.39 is 36.4 Å². The number of carbonyl (C=O) groups excluding carboxylic acids is 4. The summed E-state index contributed by atoms with van der Waals surface area (Å²) in [5.41, 5.74) is 4.51. The SMILES string of the molecule is C[C@H](C(=O)OCC(=O)Nc1ccc(Cl)cc1Cl)N1C(=O)[C@@H]2C3c4ccccc4C(c4ccccc43)[C@@H]2C1=O. The summed E-state index contributed by atoms with van der Waals surface area (Å²) in [6.07, 6.45) is 0. The number of benzene rings is 3. The van der Waals surface area contributed by atoms with E-state index in [1.165, 1.54) is 19.1 Å². The third kappa shape index (κ3) is 3.72. The number of nitrogens with one attached hydrogen (secondary N) is 1. The maximum Gasteiger partial charge on any atom is 0.329 e. The molecule has 7 rings (SSSR count). The van der Waals surface area contributed by atoms with E-state index in [-0.39, 0.29) is 28.7 Å². The number of nitrogens with zero attached hydrogens (tertiary/aromatic N) is 1. The molecule has 7 nitrogen and oxygen atoms in total. The molecule has 1 aliphatic heterocycles. The van der Waals surface area contributed by atoms with Gasteiger partial charge in [-0.15, -0.1) is 0 Å². The van der Waals surface area contributed by atoms with Crippen LogP contribution in [0, 0.1) is 11.8 Å². The number of anilines is 1. The van der Waals surface area contributed by atoms with Crippen LogP contribution in [0.1, 0.15) is 41.0 Å². The van der Waals surface area contributed by atoms with Gasteiger partial charge >= 0.3 is 5.97 Å². The van der Waals surface area contributed by atoms with Crippen molar-refractivity contribution in [3.05, 3.63) is 99.0 Å². The summed E-state index contributed by atoms with van der Waals surface area (Å²) >= 11 is 11.9. The van der Waals surface area contributed by atoms with Crippen molar-refractivity contribution < 1.29 is 23.9 Å². The van der Waals surface area contributed by atoms with Crippen LogP contribution in [-0.2, 0) is 23.9 Å². The zero-order chi connectivity index (χ0) is 26.7. The van der Waals surface area contributed by atoms with Gasteiger partial charge in [-0.2, -0.15) is 0 Å². The maximum absolute atomic E-state index is 13.7. The molecule has 9 heteroatoms. The fourth-order valence-electron chi connectivity index (χ4n) is 6.22. The molecule has 0 unspecified atom stereocenters. The number of rotatable bonds is 5. The topological polar surface area (TPSA) is 92.8 Å². The zero-order valence-corrected chi connectivity index (χ0v) is 21.7. The number of imide groups is 1. The van der Waals surface area contributed by atoms with Crippen LogP contribution in [0.25, 0.3) is 0 Å². The van der Waals surface area contributed by atoms with Gasteiger partial charge in [-0.05, 0) is 47.4 Å². The number of hydrogen-bond acceptors (Lipinski definition) is 5. The van der Waals surface area contributed by atoms with Gasteiger partial charge in [0, 0.05) is 16.9 Å². The van der Waals surface area contributed by atoms with Gasteiger partial charge in [-0.1, -0.05) is 71.7 Å². The molecule has 3 aromatic rings. The van der Waals surface area contributed by atoms with Crippen LogP contribution in [0.2, 0.25) is 10.0 Å². The number of carbonyl (C=O) groups is 4. The Morgan fingerprint density at radius 1 is 0.868 bits per heavy atom. The third-order valence-corrected chi connectivity index (χ3v) is 8.31. The molecule has 1 heterocycles. The Labute approximate surface area is 228 Å². The first kappa shape index (κ1) is 24.6. The minimum atomic E-state index is -1.18. The van der Waals surface area contributed by atoms with E-state index in [4.69, 9.17) is 27.9 Å². The second kappa shape index (κ2) is 9.26. The quantitative estimate of drug-likeness (QED) is 0.366. The lowest BCUT2D eigenvalue weighted by atomic mass is 9.55. The van der Waals surface area contributed by atoms with Crippen molar-refractivity contribution >= 4 is 52.6 Å². The minimum Gasteiger partial charge on any atom is -0.454 e. The molecule has 3 amide bonds. The molecule has 1 N–H and O–H groups in total. The normalized spacial score (nSPS) is 23.4. The van der Waals surface area contributed by atoms with E-state index in [0.29, 0.717) is 10.7 Å². The van der Waals surface area contributed by atoms with Crippen LogP contribution in [0.15, 0.2) is 66.7 Å². The van der Waals surface area contributed by atoms with Gasteiger partial charge in [0.15, 0.2) is 6.61 Å². The van der Waals surface area contributed by atoms with Crippen LogP contribution < -0.4 is 5.32 Å². The van der Waals surface area contributed by atoms with Gasteiger partial charge in [-0.3, -0.25) is 19.3 Å². The Bertz CT molecular complexity index is 1410. The molecule has 3 aromatic carbocycles. The Morgan fingerprint density at radius 3 is 1.84 bits per heavy atom. The van der Waals surface area contributed by atoms with E-state index in [2.05, 4.69) is 5.32 Å². The minimum absolute atomic E-state index is 0.234. The molecule has 0 aromatic heterocycles. The van der Waals surface area contributed by atoms with Crippen molar-refractivity contribution in [2.45, 2.75) is 24.8 Å². The van der Waals surface area contributed by atoms with Crippen molar-refractivity contribution in [2.24, 2.45) is 11.8 Å². The molecule has 192 valence electrons. The predicted molar refractivity (Wildman–Crippen MR) is 141 cm³/mol.